The summed E-state index contributed by atoms with van der Waals surface area (Å²) in [6.07, 6.45) is -0.0135. The lowest BCUT2D eigenvalue weighted by Crippen LogP contribution is -2.22. The van der Waals surface area contributed by atoms with E-state index in [2.05, 4.69) is 4.74 Å². The van der Waals surface area contributed by atoms with E-state index >= 15 is 0 Å². The molecule has 1 aromatic rings. The van der Waals surface area contributed by atoms with Crippen molar-refractivity contribution >= 4 is 22.4 Å². The molecule has 1 aliphatic rings. The molecule has 7 heteroatoms. The van der Waals surface area contributed by atoms with Gasteiger partial charge in [-0.3, -0.25) is 13.4 Å². The van der Waals surface area contributed by atoms with Gasteiger partial charge in [0.1, 0.15) is 0 Å². The van der Waals surface area contributed by atoms with Crippen LogP contribution in [0.15, 0.2) is 24.3 Å². The van der Waals surface area contributed by atoms with Crippen molar-refractivity contribution in [3.05, 3.63) is 29.8 Å². The van der Waals surface area contributed by atoms with Gasteiger partial charge < -0.3 is 9.47 Å². The highest BCUT2D eigenvalue weighted by atomic mass is 32.3. The van der Waals surface area contributed by atoms with Crippen LogP contribution in [-0.2, 0) is 14.3 Å². The van der Waals surface area contributed by atoms with Crippen LogP contribution in [0.25, 0.3) is 0 Å². The normalized spacial score (nSPS) is 20.5. The lowest BCUT2D eigenvalue weighted by molar-refractivity contribution is -0.152. The minimum Gasteiger partial charge on any atom is -0.467 e. The van der Waals surface area contributed by atoms with E-state index in [1.807, 2.05) is 0 Å². The number of hydrogen-bond donors (Lipinski definition) is 2. The number of ether oxygens (including phenoxy) is 2. The number of anilines is 1. The van der Waals surface area contributed by atoms with Gasteiger partial charge in [0, 0.05) is 13.7 Å². The van der Waals surface area contributed by atoms with E-state index < -0.39 is 22.8 Å². The predicted octanol–water partition coefficient (Wildman–Crippen LogP) is 2.42. The molecule has 0 saturated carbocycles. The third-order valence-corrected chi connectivity index (χ3v) is 5.20. The summed E-state index contributed by atoms with van der Waals surface area (Å²) in [7, 11) is 0.0555. The Hall–Kier alpha value is -1.28. The van der Waals surface area contributed by atoms with E-state index in [0.717, 1.165) is 12.1 Å². The number of nitrogens with zero attached hydrogens (tertiary/aromatic N) is 1. The van der Waals surface area contributed by atoms with E-state index in [9.17, 15) is 13.9 Å². The Labute approximate surface area is 119 Å². The van der Waals surface area contributed by atoms with Crippen LogP contribution in [0.3, 0.4) is 0 Å². The van der Waals surface area contributed by atoms with Gasteiger partial charge in [-0.25, -0.2) is 4.79 Å². The maximum atomic E-state index is 11.6. The number of methoxy groups -OCH3 is 2. The van der Waals surface area contributed by atoms with Gasteiger partial charge in [0.15, 0.2) is 6.10 Å². The minimum atomic E-state index is -2.69. The van der Waals surface area contributed by atoms with Gasteiger partial charge in [0.2, 0.25) is 0 Å². The maximum absolute atomic E-state index is 11.6. The zero-order valence-electron chi connectivity index (χ0n) is 11.5. The highest BCUT2D eigenvalue weighted by molar-refractivity contribution is 8.25. The molecule has 2 rings (SSSR count). The number of hydrogen-bond acceptors (Lipinski definition) is 6. The number of rotatable bonds is 4. The zero-order valence-corrected chi connectivity index (χ0v) is 12.3. The number of carbonyl (C=O) groups is 1. The summed E-state index contributed by atoms with van der Waals surface area (Å²) in [5.41, 5.74) is 1.39. The third-order valence-electron chi connectivity index (χ3n) is 3.27. The first-order chi connectivity index (χ1) is 9.49. The van der Waals surface area contributed by atoms with Crippen molar-refractivity contribution in [2.75, 3.05) is 30.8 Å². The molecule has 0 aromatic heterocycles. The fourth-order valence-electron chi connectivity index (χ4n) is 2.25. The first kappa shape index (κ1) is 15.1. The molecule has 1 fully saturated rings. The van der Waals surface area contributed by atoms with Gasteiger partial charge >= 0.3 is 5.97 Å². The molecule has 1 unspecified atom stereocenters. The Balaban J connectivity index is 2.20. The molecule has 1 aliphatic heterocycles. The van der Waals surface area contributed by atoms with Crippen LogP contribution >= 0.6 is 10.8 Å². The van der Waals surface area contributed by atoms with Crippen LogP contribution in [0, 0.1) is 0 Å². The lowest BCUT2D eigenvalue weighted by atomic mass is 10.1. The average Bonchev–Trinajstić information content (AvgIpc) is 2.79. The highest BCUT2D eigenvalue weighted by Crippen LogP contribution is 2.50. The number of carbonyl (C=O) groups excluding carboxylic acids is 1. The fraction of sp³-hybridized carbons (Fsp3) is 0.462. The van der Waals surface area contributed by atoms with Crippen LogP contribution in [0.1, 0.15) is 18.1 Å². The van der Waals surface area contributed by atoms with Gasteiger partial charge in [-0.15, -0.1) is 10.8 Å². The molecular formula is C13H19NO5S. The Bertz CT molecular complexity index is 476. The standard InChI is InChI=1S/C13H19NO5S/c1-18-12(13(15)19-2)10-4-6-11(7-5-10)14-8-3-9-20(14,16)17/h4-7,12,16-17H,3,8-9H2,1-2H3. The molecule has 1 atom stereocenters. The van der Waals surface area contributed by atoms with E-state index in [-0.39, 0.29) is 0 Å². The second kappa shape index (κ2) is 6.01. The summed E-state index contributed by atoms with van der Waals surface area (Å²) >= 11 is 0. The number of esters is 1. The van der Waals surface area contributed by atoms with Crippen LogP contribution < -0.4 is 4.31 Å². The summed E-state index contributed by atoms with van der Waals surface area (Å²) in [6.45, 7) is 0.617. The van der Waals surface area contributed by atoms with E-state index in [1.54, 1.807) is 28.6 Å². The van der Waals surface area contributed by atoms with Crippen molar-refractivity contribution in [3.63, 3.8) is 0 Å². The van der Waals surface area contributed by atoms with E-state index in [4.69, 9.17) is 4.74 Å². The molecule has 2 N–H and O–H groups in total. The van der Waals surface area contributed by atoms with Crippen molar-refractivity contribution in [1.29, 1.82) is 0 Å². The van der Waals surface area contributed by atoms with Crippen molar-refractivity contribution < 1.29 is 23.4 Å². The average molecular weight is 301 g/mol. The second-order valence-electron chi connectivity index (χ2n) is 4.52. The van der Waals surface area contributed by atoms with Crippen LogP contribution in [0.5, 0.6) is 0 Å². The van der Waals surface area contributed by atoms with Crippen LogP contribution in [0.2, 0.25) is 0 Å². The smallest absolute Gasteiger partial charge is 0.339 e. The minimum absolute atomic E-state index is 0.400. The summed E-state index contributed by atoms with van der Waals surface area (Å²) in [6, 6.07) is 6.97. The quantitative estimate of drug-likeness (QED) is 0.832. The molecule has 0 aliphatic carbocycles. The molecule has 0 bridgehead atoms. The zero-order chi connectivity index (χ0) is 14.8. The van der Waals surface area contributed by atoms with Crippen molar-refractivity contribution in [2.45, 2.75) is 12.5 Å². The SMILES string of the molecule is COC(=O)C(OC)c1ccc(N2CCCS2(O)O)cc1. The molecule has 20 heavy (non-hydrogen) atoms. The fourth-order valence-corrected chi connectivity index (χ4v) is 3.86. The van der Waals surface area contributed by atoms with Gasteiger partial charge in [0.05, 0.1) is 18.6 Å². The Morgan fingerprint density at radius 2 is 1.95 bits per heavy atom. The molecule has 6 nitrogen and oxygen atoms in total. The van der Waals surface area contributed by atoms with Crippen molar-refractivity contribution in [3.8, 4) is 0 Å². The van der Waals surface area contributed by atoms with Crippen molar-refractivity contribution in [1.82, 2.24) is 0 Å². The number of benzene rings is 1. The first-order valence-corrected chi connectivity index (χ1v) is 7.91. The Morgan fingerprint density at radius 3 is 2.40 bits per heavy atom. The third kappa shape index (κ3) is 2.90. The summed E-state index contributed by atoms with van der Waals surface area (Å²) in [5.74, 6) is -0.0665. The van der Waals surface area contributed by atoms with Crippen LogP contribution in [0.4, 0.5) is 5.69 Å². The Kier molecular flexibility index (Phi) is 4.54. The lowest BCUT2D eigenvalue weighted by Gasteiger charge is -2.38. The molecule has 1 saturated heterocycles. The van der Waals surface area contributed by atoms with Crippen LogP contribution in [-0.4, -0.2) is 41.6 Å². The van der Waals surface area contributed by atoms with E-state index in [0.29, 0.717) is 17.9 Å². The molecule has 0 spiro atoms. The largest absolute Gasteiger partial charge is 0.467 e. The molecule has 0 radical (unpaired) electrons. The molecule has 1 aromatic carbocycles. The summed E-state index contributed by atoms with van der Waals surface area (Å²) in [4.78, 5) is 11.6. The maximum Gasteiger partial charge on any atom is 0.339 e. The van der Waals surface area contributed by atoms with Gasteiger partial charge in [-0.2, -0.15) is 0 Å². The van der Waals surface area contributed by atoms with Gasteiger partial charge in [-0.1, -0.05) is 12.1 Å². The predicted molar refractivity (Wildman–Crippen MR) is 77.9 cm³/mol. The summed E-state index contributed by atoms with van der Waals surface area (Å²) < 4.78 is 31.2. The summed E-state index contributed by atoms with van der Waals surface area (Å²) in [5, 5.41) is 0. The first-order valence-electron chi connectivity index (χ1n) is 6.24. The topological polar surface area (TPSA) is 79.2 Å². The second-order valence-corrected chi connectivity index (χ2v) is 6.64. The molecular weight excluding hydrogens is 282 g/mol. The molecule has 1 heterocycles. The molecule has 0 amide bonds. The Morgan fingerprint density at radius 1 is 1.30 bits per heavy atom. The van der Waals surface area contributed by atoms with Gasteiger partial charge in [-0.05, 0) is 24.1 Å². The monoisotopic (exact) mass is 301 g/mol. The van der Waals surface area contributed by atoms with E-state index in [1.165, 1.54) is 14.2 Å². The van der Waals surface area contributed by atoms with Crippen molar-refractivity contribution in [2.24, 2.45) is 0 Å². The van der Waals surface area contributed by atoms with Gasteiger partial charge in [0.25, 0.3) is 0 Å². The molecule has 112 valence electrons. The highest BCUT2D eigenvalue weighted by Gasteiger charge is 2.29.